The standard InChI is InChI=1S/C29H33N3O3/c1-35-18-17-32-27(24-19-31-25-14-8-7-11-21(24)25)26(22-12-5-6-13-23(22)29(32)34)28(33)30-16-15-20-9-3-2-4-10-20/h5-9,11-14,19,26-27,31H,2-4,10,15-18H2,1H3,(H,30,33)/t26?,27-/m0/s1. The molecule has 182 valence electrons. The zero-order valence-corrected chi connectivity index (χ0v) is 20.3. The van der Waals surface area contributed by atoms with Gasteiger partial charge in [0.2, 0.25) is 5.91 Å². The fourth-order valence-corrected chi connectivity index (χ4v) is 5.58. The number of nitrogens with one attached hydrogen (secondary N) is 2. The summed E-state index contributed by atoms with van der Waals surface area (Å²) in [6.07, 6.45) is 9.90. The Bertz CT molecular complexity index is 1240. The van der Waals surface area contributed by atoms with Crippen molar-refractivity contribution in [1.82, 2.24) is 15.2 Å². The molecule has 5 rings (SSSR count). The molecule has 0 spiro atoms. The maximum absolute atomic E-state index is 13.9. The van der Waals surface area contributed by atoms with Crippen LogP contribution in [0.4, 0.5) is 0 Å². The largest absolute Gasteiger partial charge is 0.383 e. The number of methoxy groups -OCH3 is 1. The van der Waals surface area contributed by atoms with Gasteiger partial charge in [0.1, 0.15) is 0 Å². The van der Waals surface area contributed by atoms with Crippen LogP contribution in [0.15, 0.2) is 66.4 Å². The summed E-state index contributed by atoms with van der Waals surface area (Å²) in [5, 5.41) is 4.24. The van der Waals surface area contributed by atoms with E-state index in [1.165, 1.54) is 18.4 Å². The van der Waals surface area contributed by atoms with Gasteiger partial charge in [-0.15, -0.1) is 0 Å². The molecule has 2 N–H and O–H groups in total. The van der Waals surface area contributed by atoms with Crippen LogP contribution >= 0.6 is 0 Å². The number of ether oxygens (including phenoxy) is 1. The Morgan fingerprint density at radius 1 is 1.11 bits per heavy atom. The minimum Gasteiger partial charge on any atom is -0.383 e. The van der Waals surface area contributed by atoms with E-state index in [1.807, 2.05) is 59.6 Å². The molecule has 2 aromatic carbocycles. The first kappa shape index (κ1) is 23.4. The van der Waals surface area contributed by atoms with E-state index >= 15 is 0 Å². The molecular weight excluding hydrogens is 438 g/mol. The van der Waals surface area contributed by atoms with E-state index < -0.39 is 12.0 Å². The van der Waals surface area contributed by atoms with Crippen molar-refractivity contribution in [2.24, 2.45) is 0 Å². The third kappa shape index (κ3) is 4.63. The summed E-state index contributed by atoms with van der Waals surface area (Å²) < 4.78 is 5.35. The van der Waals surface area contributed by atoms with Crippen molar-refractivity contribution >= 4 is 22.7 Å². The molecule has 2 aliphatic rings. The molecule has 2 heterocycles. The molecule has 6 nitrogen and oxygen atoms in total. The summed E-state index contributed by atoms with van der Waals surface area (Å²) in [4.78, 5) is 32.7. The van der Waals surface area contributed by atoms with Gasteiger partial charge in [0, 0.05) is 48.4 Å². The summed E-state index contributed by atoms with van der Waals surface area (Å²) >= 11 is 0. The number of aromatic amines is 1. The number of aromatic nitrogens is 1. The lowest BCUT2D eigenvalue weighted by Gasteiger charge is -2.41. The SMILES string of the molecule is COCCN1C(=O)c2ccccc2C(C(=O)NCCC2=CCCCC2)[C@@H]1c1c[nH]c2ccccc12. The van der Waals surface area contributed by atoms with Crippen LogP contribution in [0.3, 0.4) is 0 Å². The molecule has 0 fully saturated rings. The lowest BCUT2D eigenvalue weighted by Crippen LogP contribution is -2.48. The number of para-hydroxylation sites is 1. The van der Waals surface area contributed by atoms with Crippen LogP contribution in [0.5, 0.6) is 0 Å². The highest BCUT2D eigenvalue weighted by atomic mass is 16.5. The minimum absolute atomic E-state index is 0.0425. The lowest BCUT2D eigenvalue weighted by atomic mass is 9.79. The molecule has 0 saturated carbocycles. The first-order valence-corrected chi connectivity index (χ1v) is 12.6. The summed E-state index contributed by atoms with van der Waals surface area (Å²) in [5.74, 6) is -0.622. The predicted octanol–water partition coefficient (Wildman–Crippen LogP) is 5.10. The van der Waals surface area contributed by atoms with E-state index in [2.05, 4.69) is 16.4 Å². The van der Waals surface area contributed by atoms with E-state index in [0.29, 0.717) is 25.3 Å². The minimum atomic E-state index is -0.514. The first-order chi connectivity index (χ1) is 17.2. The summed E-state index contributed by atoms with van der Waals surface area (Å²) in [6, 6.07) is 15.1. The molecular formula is C29H33N3O3. The number of rotatable bonds is 8. The van der Waals surface area contributed by atoms with Crippen LogP contribution in [0.25, 0.3) is 10.9 Å². The average molecular weight is 472 g/mol. The topological polar surface area (TPSA) is 74.4 Å². The second kappa shape index (κ2) is 10.5. The van der Waals surface area contributed by atoms with Crippen LogP contribution < -0.4 is 5.32 Å². The molecule has 2 amide bonds. The van der Waals surface area contributed by atoms with Gasteiger partial charge in [0.25, 0.3) is 5.91 Å². The zero-order valence-electron chi connectivity index (χ0n) is 20.3. The van der Waals surface area contributed by atoms with E-state index in [-0.39, 0.29) is 11.8 Å². The van der Waals surface area contributed by atoms with Gasteiger partial charge in [-0.2, -0.15) is 0 Å². The number of hydrogen-bond donors (Lipinski definition) is 2. The van der Waals surface area contributed by atoms with Crippen molar-refractivity contribution in [2.75, 3.05) is 26.8 Å². The van der Waals surface area contributed by atoms with E-state index in [1.54, 1.807) is 7.11 Å². The van der Waals surface area contributed by atoms with E-state index in [0.717, 1.165) is 41.3 Å². The second-order valence-electron chi connectivity index (χ2n) is 9.44. The predicted molar refractivity (Wildman–Crippen MR) is 137 cm³/mol. The number of nitrogens with zero attached hydrogens (tertiary/aromatic N) is 1. The van der Waals surface area contributed by atoms with Gasteiger partial charge < -0.3 is 19.9 Å². The molecule has 1 aromatic heterocycles. The highest BCUT2D eigenvalue weighted by Crippen LogP contribution is 2.44. The highest BCUT2D eigenvalue weighted by molar-refractivity contribution is 6.02. The molecule has 0 bridgehead atoms. The Morgan fingerprint density at radius 2 is 1.94 bits per heavy atom. The Kier molecular flexibility index (Phi) is 7.00. The number of H-pyrrole nitrogens is 1. The monoisotopic (exact) mass is 471 g/mol. The van der Waals surface area contributed by atoms with Gasteiger partial charge in [-0.3, -0.25) is 9.59 Å². The number of carbonyl (C=O) groups is 2. The van der Waals surface area contributed by atoms with Gasteiger partial charge in [-0.1, -0.05) is 48.0 Å². The molecule has 1 unspecified atom stereocenters. The third-order valence-electron chi connectivity index (χ3n) is 7.33. The van der Waals surface area contributed by atoms with Gasteiger partial charge in [0.15, 0.2) is 0 Å². The Balaban J connectivity index is 1.53. The maximum Gasteiger partial charge on any atom is 0.254 e. The van der Waals surface area contributed by atoms with Crippen molar-refractivity contribution in [3.63, 3.8) is 0 Å². The van der Waals surface area contributed by atoms with Crippen LogP contribution in [0.2, 0.25) is 0 Å². The van der Waals surface area contributed by atoms with E-state index in [9.17, 15) is 9.59 Å². The van der Waals surface area contributed by atoms with Crippen molar-refractivity contribution < 1.29 is 14.3 Å². The summed E-state index contributed by atoms with van der Waals surface area (Å²) in [5.41, 5.74) is 4.76. The highest BCUT2D eigenvalue weighted by Gasteiger charge is 2.44. The molecule has 6 heteroatoms. The molecule has 3 aromatic rings. The zero-order chi connectivity index (χ0) is 24.2. The number of allylic oxidation sites excluding steroid dienone is 1. The number of benzene rings is 2. The molecule has 0 radical (unpaired) electrons. The van der Waals surface area contributed by atoms with Crippen molar-refractivity contribution in [3.8, 4) is 0 Å². The van der Waals surface area contributed by atoms with Crippen LogP contribution in [0, 0.1) is 0 Å². The van der Waals surface area contributed by atoms with Crippen molar-refractivity contribution in [1.29, 1.82) is 0 Å². The Morgan fingerprint density at radius 3 is 2.77 bits per heavy atom. The average Bonchev–Trinajstić information content (AvgIpc) is 3.32. The number of hydrogen-bond acceptors (Lipinski definition) is 3. The first-order valence-electron chi connectivity index (χ1n) is 12.6. The fourth-order valence-electron chi connectivity index (χ4n) is 5.58. The smallest absolute Gasteiger partial charge is 0.254 e. The molecule has 1 aliphatic heterocycles. The van der Waals surface area contributed by atoms with Crippen LogP contribution in [-0.4, -0.2) is 48.5 Å². The molecule has 1 aliphatic carbocycles. The summed E-state index contributed by atoms with van der Waals surface area (Å²) in [7, 11) is 1.63. The van der Waals surface area contributed by atoms with Gasteiger partial charge in [-0.05, 0) is 49.8 Å². The van der Waals surface area contributed by atoms with Gasteiger partial charge in [0.05, 0.1) is 18.6 Å². The lowest BCUT2D eigenvalue weighted by molar-refractivity contribution is -0.124. The maximum atomic E-state index is 13.9. The number of fused-ring (bicyclic) bond motifs is 2. The molecule has 35 heavy (non-hydrogen) atoms. The van der Waals surface area contributed by atoms with Gasteiger partial charge in [-0.25, -0.2) is 0 Å². The third-order valence-corrected chi connectivity index (χ3v) is 7.33. The molecule has 0 saturated heterocycles. The normalized spacial score (nSPS) is 20.0. The Hall–Kier alpha value is -3.38. The number of carbonyl (C=O) groups excluding carboxylic acids is 2. The van der Waals surface area contributed by atoms with Crippen molar-refractivity contribution in [3.05, 3.63) is 83.1 Å². The fraction of sp³-hybridized carbons (Fsp3) is 0.379. The molecule has 2 atom stereocenters. The number of amides is 2. The van der Waals surface area contributed by atoms with E-state index in [4.69, 9.17) is 4.74 Å². The van der Waals surface area contributed by atoms with Gasteiger partial charge >= 0.3 is 0 Å². The Labute approximate surface area is 206 Å². The summed E-state index contributed by atoms with van der Waals surface area (Å²) in [6.45, 7) is 1.41. The van der Waals surface area contributed by atoms with Crippen LogP contribution in [-0.2, 0) is 9.53 Å². The quantitative estimate of drug-likeness (QED) is 0.449. The van der Waals surface area contributed by atoms with Crippen LogP contribution in [0.1, 0.15) is 65.5 Å². The second-order valence-corrected chi connectivity index (χ2v) is 9.44. The van der Waals surface area contributed by atoms with Crippen molar-refractivity contribution in [2.45, 2.75) is 44.1 Å².